The molecule has 0 aliphatic carbocycles. The molecule has 0 atom stereocenters. The lowest BCUT2D eigenvalue weighted by Crippen LogP contribution is -2.38. The number of nitrogens with two attached hydrogens (primary N) is 1. The van der Waals surface area contributed by atoms with Gasteiger partial charge in [-0.3, -0.25) is 14.5 Å². The minimum absolute atomic E-state index is 0.0285. The Balaban J connectivity index is 1.90. The van der Waals surface area contributed by atoms with Crippen LogP contribution < -0.4 is 5.73 Å². The summed E-state index contributed by atoms with van der Waals surface area (Å²) in [6, 6.07) is 7.80. The molecule has 0 radical (unpaired) electrons. The lowest BCUT2D eigenvalue weighted by Gasteiger charge is -2.30. The summed E-state index contributed by atoms with van der Waals surface area (Å²) in [5, 5.41) is 0. The molecule has 2 N–H and O–H groups in total. The second-order valence-electron chi connectivity index (χ2n) is 5.97. The van der Waals surface area contributed by atoms with E-state index in [1.54, 1.807) is 11.9 Å². The summed E-state index contributed by atoms with van der Waals surface area (Å²) in [7, 11) is 1.80. The lowest BCUT2D eigenvalue weighted by atomic mass is 9.96. The van der Waals surface area contributed by atoms with E-state index in [0.29, 0.717) is 6.54 Å². The maximum atomic E-state index is 12.0. The van der Waals surface area contributed by atoms with Crippen molar-refractivity contribution in [2.24, 2.45) is 11.7 Å². The van der Waals surface area contributed by atoms with Crippen molar-refractivity contribution in [3.63, 3.8) is 0 Å². The third-order valence-electron chi connectivity index (χ3n) is 4.42. The van der Waals surface area contributed by atoms with Gasteiger partial charge in [-0.15, -0.1) is 0 Å². The predicted octanol–water partition coefficient (Wildman–Crippen LogP) is 1.48. The molecule has 1 heterocycles. The van der Waals surface area contributed by atoms with Gasteiger partial charge in [0.25, 0.3) is 5.91 Å². The average Bonchev–Trinajstić information content (AvgIpc) is 2.54. The molecule has 0 unspecified atom stereocenters. The topological polar surface area (TPSA) is 66.6 Å². The zero-order valence-corrected chi connectivity index (χ0v) is 13.4. The summed E-state index contributed by atoms with van der Waals surface area (Å²) in [6.07, 6.45) is 1.68. The maximum absolute atomic E-state index is 12.0. The highest BCUT2D eigenvalue weighted by molar-refractivity contribution is 5.94. The highest BCUT2D eigenvalue weighted by Gasteiger charge is 2.22. The number of carbonyl (C=O) groups excluding carboxylic acids is 2. The first-order valence-electron chi connectivity index (χ1n) is 7.87. The summed E-state index contributed by atoms with van der Waals surface area (Å²) in [5.74, 6) is -0.0975. The average molecular weight is 303 g/mol. The van der Waals surface area contributed by atoms with E-state index < -0.39 is 0 Å². The molecular formula is C17H25N3O2. The van der Waals surface area contributed by atoms with Crippen LogP contribution in [-0.2, 0) is 11.3 Å². The summed E-state index contributed by atoms with van der Waals surface area (Å²) in [6.45, 7) is 5.31. The number of hydrogen-bond donors (Lipinski definition) is 1. The first-order chi connectivity index (χ1) is 10.5. The van der Waals surface area contributed by atoms with Crippen LogP contribution in [-0.4, -0.2) is 48.3 Å². The van der Waals surface area contributed by atoms with E-state index in [1.165, 1.54) is 5.56 Å². The number of piperidine rings is 1. The molecule has 22 heavy (non-hydrogen) atoms. The van der Waals surface area contributed by atoms with Crippen molar-refractivity contribution in [1.29, 1.82) is 0 Å². The Labute approximate surface area is 132 Å². The van der Waals surface area contributed by atoms with E-state index in [-0.39, 0.29) is 17.7 Å². The Morgan fingerprint density at radius 1 is 1.23 bits per heavy atom. The highest BCUT2D eigenvalue weighted by Crippen LogP contribution is 2.19. The van der Waals surface area contributed by atoms with Crippen LogP contribution in [0.1, 0.15) is 35.7 Å². The fraction of sp³-hybridized carbons (Fsp3) is 0.529. The minimum Gasteiger partial charge on any atom is -0.369 e. The Morgan fingerprint density at radius 3 is 2.32 bits per heavy atom. The second kappa shape index (κ2) is 7.40. The summed E-state index contributed by atoms with van der Waals surface area (Å²) in [4.78, 5) is 27.2. The van der Waals surface area contributed by atoms with E-state index in [1.807, 2.05) is 31.2 Å². The zero-order chi connectivity index (χ0) is 16.1. The molecule has 5 nitrogen and oxygen atoms in total. The molecule has 0 bridgehead atoms. The van der Waals surface area contributed by atoms with Crippen LogP contribution in [0.2, 0.25) is 0 Å². The molecule has 2 rings (SSSR count). The third-order valence-corrected chi connectivity index (χ3v) is 4.42. The molecule has 1 aliphatic heterocycles. The Hall–Kier alpha value is -1.88. The Kier molecular flexibility index (Phi) is 5.55. The number of primary amides is 1. The Bertz CT molecular complexity index is 519. The van der Waals surface area contributed by atoms with E-state index in [2.05, 4.69) is 4.90 Å². The van der Waals surface area contributed by atoms with Gasteiger partial charge < -0.3 is 10.6 Å². The van der Waals surface area contributed by atoms with E-state index >= 15 is 0 Å². The van der Waals surface area contributed by atoms with Crippen molar-refractivity contribution in [3.8, 4) is 0 Å². The van der Waals surface area contributed by atoms with Crippen molar-refractivity contribution in [2.75, 3.05) is 26.7 Å². The molecule has 1 aromatic rings. The number of rotatable bonds is 5. The molecule has 0 saturated carbocycles. The first kappa shape index (κ1) is 16.5. The monoisotopic (exact) mass is 303 g/mol. The van der Waals surface area contributed by atoms with E-state index in [9.17, 15) is 9.59 Å². The molecule has 5 heteroatoms. The van der Waals surface area contributed by atoms with Gasteiger partial charge in [-0.25, -0.2) is 0 Å². The van der Waals surface area contributed by atoms with Crippen LogP contribution >= 0.6 is 0 Å². The zero-order valence-electron chi connectivity index (χ0n) is 13.4. The normalized spacial score (nSPS) is 16.5. The van der Waals surface area contributed by atoms with Crippen LogP contribution in [0.25, 0.3) is 0 Å². The second-order valence-corrected chi connectivity index (χ2v) is 5.97. The van der Waals surface area contributed by atoms with Crippen molar-refractivity contribution in [3.05, 3.63) is 35.4 Å². The van der Waals surface area contributed by atoms with Crippen molar-refractivity contribution < 1.29 is 9.59 Å². The van der Waals surface area contributed by atoms with Crippen molar-refractivity contribution >= 4 is 11.8 Å². The van der Waals surface area contributed by atoms with Gasteiger partial charge >= 0.3 is 0 Å². The quantitative estimate of drug-likeness (QED) is 0.896. The van der Waals surface area contributed by atoms with E-state index in [0.717, 1.165) is 38.0 Å². The minimum atomic E-state index is -0.178. The van der Waals surface area contributed by atoms with Crippen molar-refractivity contribution in [1.82, 2.24) is 9.80 Å². The number of nitrogens with zero attached hydrogens (tertiary/aromatic N) is 2. The van der Waals surface area contributed by atoms with Gasteiger partial charge in [0.2, 0.25) is 5.91 Å². The van der Waals surface area contributed by atoms with Gasteiger partial charge in [0.1, 0.15) is 0 Å². The van der Waals surface area contributed by atoms with Crippen LogP contribution in [0.15, 0.2) is 24.3 Å². The van der Waals surface area contributed by atoms with Gasteiger partial charge in [0.05, 0.1) is 0 Å². The highest BCUT2D eigenvalue weighted by atomic mass is 16.2. The van der Waals surface area contributed by atoms with Crippen LogP contribution in [0.4, 0.5) is 0 Å². The van der Waals surface area contributed by atoms with Crippen molar-refractivity contribution in [2.45, 2.75) is 26.3 Å². The third kappa shape index (κ3) is 4.07. The largest absolute Gasteiger partial charge is 0.369 e. The smallest absolute Gasteiger partial charge is 0.253 e. The fourth-order valence-corrected chi connectivity index (χ4v) is 2.75. The summed E-state index contributed by atoms with van der Waals surface area (Å²) in [5.41, 5.74) is 7.26. The fourth-order valence-electron chi connectivity index (χ4n) is 2.75. The molecule has 120 valence electrons. The Morgan fingerprint density at radius 2 is 1.82 bits per heavy atom. The molecular weight excluding hydrogens is 278 g/mol. The first-order valence-corrected chi connectivity index (χ1v) is 7.87. The molecule has 1 fully saturated rings. The standard InChI is InChI=1S/C17H25N3O2/c1-3-19(2)17(22)15-6-4-13(5-7-15)12-20-10-8-14(9-11-20)16(18)21/h4-7,14H,3,8-12H2,1-2H3,(H2,18,21). The van der Waals surface area contributed by atoms with Crippen LogP contribution in [0.5, 0.6) is 0 Å². The van der Waals surface area contributed by atoms with Gasteiger partial charge in [0.15, 0.2) is 0 Å². The number of amides is 2. The molecule has 1 saturated heterocycles. The number of carbonyl (C=O) groups is 2. The van der Waals surface area contributed by atoms with Gasteiger partial charge in [-0.2, -0.15) is 0 Å². The number of benzene rings is 1. The van der Waals surface area contributed by atoms with Crippen LogP contribution in [0.3, 0.4) is 0 Å². The molecule has 0 spiro atoms. The van der Waals surface area contributed by atoms with Gasteiger partial charge in [-0.1, -0.05) is 12.1 Å². The maximum Gasteiger partial charge on any atom is 0.253 e. The number of hydrogen-bond acceptors (Lipinski definition) is 3. The van der Waals surface area contributed by atoms with Crippen LogP contribution in [0, 0.1) is 5.92 Å². The van der Waals surface area contributed by atoms with Gasteiger partial charge in [0, 0.05) is 31.6 Å². The molecule has 2 amide bonds. The molecule has 1 aromatic carbocycles. The molecule has 1 aliphatic rings. The summed E-state index contributed by atoms with van der Waals surface area (Å²) >= 11 is 0. The van der Waals surface area contributed by atoms with Gasteiger partial charge in [-0.05, 0) is 50.6 Å². The number of likely N-dealkylation sites (tertiary alicyclic amines) is 1. The summed E-state index contributed by atoms with van der Waals surface area (Å²) < 4.78 is 0. The lowest BCUT2D eigenvalue weighted by molar-refractivity contribution is -0.123. The SMILES string of the molecule is CCN(C)C(=O)c1ccc(CN2CCC(C(N)=O)CC2)cc1. The van der Waals surface area contributed by atoms with E-state index in [4.69, 9.17) is 5.73 Å². The predicted molar refractivity (Wildman–Crippen MR) is 86.3 cm³/mol. The molecule has 0 aromatic heterocycles.